The highest BCUT2D eigenvalue weighted by Crippen LogP contribution is 2.27. The molecule has 1 unspecified atom stereocenters. The Bertz CT molecular complexity index is 1490. The highest BCUT2D eigenvalue weighted by molar-refractivity contribution is 6.31. The van der Waals surface area contributed by atoms with Crippen LogP contribution in [0.5, 0.6) is 0 Å². The van der Waals surface area contributed by atoms with Crippen LogP contribution >= 0.6 is 11.6 Å². The average molecular weight is 499 g/mol. The van der Waals surface area contributed by atoms with E-state index in [0.29, 0.717) is 21.7 Å². The Hall–Kier alpha value is -4.56. The Balaban J connectivity index is 1.51. The van der Waals surface area contributed by atoms with Crippen molar-refractivity contribution in [1.29, 1.82) is 0 Å². The van der Waals surface area contributed by atoms with E-state index in [1.807, 2.05) is 18.2 Å². The normalized spacial score (nSPS) is 15.2. The van der Waals surface area contributed by atoms with Crippen molar-refractivity contribution in [1.82, 2.24) is 15.4 Å². The molecule has 2 heterocycles. The fraction of sp³-hybridized carbons (Fsp3) is 0.0741. The molecule has 36 heavy (non-hydrogen) atoms. The maximum absolute atomic E-state index is 13.5. The molecule has 1 aliphatic heterocycles. The molecule has 1 atom stereocenters. The largest absolute Gasteiger partial charge is 0.274 e. The predicted molar refractivity (Wildman–Crippen MR) is 134 cm³/mol. The molecule has 5 rings (SSSR count). The third kappa shape index (κ3) is 4.30. The van der Waals surface area contributed by atoms with Crippen LogP contribution in [0.3, 0.4) is 0 Å². The molecule has 1 saturated heterocycles. The Morgan fingerprint density at radius 1 is 0.944 bits per heavy atom. The molecule has 178 valence electrons. The first kappa shape index (κ1) is 23.2. The van der Waals surface area contributed by atoms with Crippen LogP contribution in [-0.4, -0.2) is 39.7 Å². The van der Waals surface area contributed by atoms with Gasteiger partial charge in [0, 0.05) is 23.0 Å². The van der Waals surface area contributed by atoms with Crippen molar-refractivity contribution in [2.75, 3.05) is 4.90 Å². The van der Waals surface area contributed by atoms with Gasteiger partial charge in [-0.15, -0.1) is 0 Å². The number of carbonyl (C=O) groups excluding carboxylic acids is 4. The summed E-state index contributed by atoms with van der Waals surface area (Å²) in [6.07, 6.45) is 2.53. The Kier molecular flexibility index (Phi) is 6.18. The summed E-state index contributed by atoms with van der Waals surface area (Å²) in [5.74, 6) is -2.40. The van der Waals surface area contributed by atoms with Crippen LogP contribution in [0, 0.1) is 0 Å². The molecule has 1 aliphatic rings. The van der Waals surface area contributed by atoms with Crippen LogP contribution < -0.4 is 10.3 Å². The third-order valence-electron chi connectivity index (χ3n) is 5.90. The topological polar surface area (TPSA) is 99.7 Å². The predicted octanol–water partition coefficient (Wildman–Crippen LogP) is 4.01. The van der Waals surface area contributed by atoms with Gasteiger partial charge in [-0.1, -0.05) is 48.0 Å². The number of halogens is 1. The summed E-state index contributed by atoms with van der Waals surface area (Å²) in [5, 5.41) is 2.90. The summed E-state index contributed by atoms with van der Waals surface area (Å²) in [7, 11) is 0. The number of anilines is 1. The molecular formula is C27H19ClN4O4. The first-order valence-corrected chi connectivity index (χ1v) is 11.5. The quantitative estimate of drug-likeness (QED) is 0.338. The van der Waals surface area contributed by atoms with Crippen LogP contribution in [0.15, 0.2) is 91.3 Å². The van der Waals surface area contributed by atoms with Gasteiger partial charge in [0.25, 0.3) is 17.7 Å². The number of imide groups is 1. The molecule has 1 N–H and O–H groups in total. The van der Waals surface area contributed by atoms with Crippen molar-refractivity contribution in [2.45, 2.75) is 12.5 Å². The van der Waals surface area contributed by atoms with Crippen molar-refractivity contribution in [2.24, 2.45) is 0 Å². The number of hydrazine groups is 1. The van der Waals surface area contributed by atoms with E-state index in [4.69, 9.17) is 11.6 Å². The number of hydrogen-bond acceptors (Lipinski definition) is 5. The molecule has 0 bridgehead atoms. The number of nitrogens with zero attached hydrogens (tertiary/aromatic N) is 3. The Labute approximate surface area is 211 Å². The smallest absolute Gasteiger partial charge is 0.274 e. The minimum Gasteiger partial charge on any atom is -0.274 e. The molecule has 4 amide bonds. The number of aromatic nitrogens is 1. The lowest BCUT2D eigenvalue weighted by atomic mass is 10.0. The molecular weight excluding hydrogens is 480 g/mol. The van der Waals surface area contributed by atoms with Gasteiger partial charge in [0.2, 0.25) is 5.91 Å². The van der Waals surface area contributed by atoms with E-state index in [-0.39, 0.29) is 12.0 Å². The van der Waals surface area contributed by atoms with Gasteiger partial charge < -0.3 is 0 Å². The molecule has 8 nitrogen and oxygen atoms in total. The first-order valence-electron chi connectivity index (χ1n) is 11.1. The minimum absolute atomic E-state index is 0.154. The van der Waals surface area contributed by atoms with Crippen LogP contribution in [-0.2, 0) is 9.59 Å². The molecule has 1 fully saturated rings. The highest BCUT2D eigenvalue weighted by atomic mass is 35.5. The molecule has 1 aromatic heterocycles. The lowest BCUT2D eigenvalue weighted by Gasteiger charge is -2.28. The Morgan fingerprint density at radius 3 is 2.44 bits per heavy atom. The lowest BCUT2D eigenvalue weighted by Crippen LogP contribution is -2.54. The number of pyridine rings is 1. The maximum Gasteiger partial charge on any atom is 0.274 e. The number of fused-ring (bicyclic) bond motifs is 1. The molecule has 0 radical (unpaired) electrons. The van der Waals surface area contributed by atoms with Gasteiger partial charge in [-0.2, -0.15) is 0 Å². The molecule has 0 spiro atoms. The molecule has 3 aromatic carbocycles. The molecule has 9 heteroatoms. The second kappa shape index (κ2) is 9.59. The van der Waals surface area contributed by atoms with E-state index in [9.17, 15) is 19.2 Å². The van der Waals surface area contributed by atoms with Gasteiger partial charge in [0.1, 0.15) is 6.04 Å². The van der Waals surface area contributed by atoms with Gasteiger partial charge >= 0.3 is 0 Å². The fourth-order valence-electron chi connectivity index (χ4n) is 4.17. The van der Waals surface area contributed by atoms with E-state index in [0.717, 1.165) is 15.3 Å². The molecule has 0 aliphatic carbocycles. The van der Waals surface area contributed by atoms with Gasteiger partial charge in [0.05, 0.1) is 17.7 Å². The zero-order valence-corrected chi connectivity index (χ0v) is 19.6. The van der Waals surface area contributed by atoms with Crippen molar-refractivity contribution in [3.63, 3.8) is 0 Å². The summed E-state index contributed by atoms with van der Waals surface area (Å²) in [6.45, 7) is 0. The number of amides is 4. The van der Waals surface area contributed by atoms with E-state index >= 15 is 0 Å². The van der Waals surface area contributed by atoms with Crippen molar-refractivity contribution in [3.05, 3.63) is 107 Å². The summed E-state index contributed by atoms with van der Waals surface area (Å²) >= 11 is 5.94. The first-order chi connectivity index (χ1) is 17.4. The summed E-state index contributed by atoms with van der Waals surface area (Å²) in [6, 6.07) is 20.6. The summed E-state index contributed by atoms with van der Waals surface area (Å²) in [4.78, 5) is 58.1. The fourth-order valence-corrected chi connectivity index (χ4v) is 4.30. The van der Waals surface area contributed by atoms with Crippen molar-refractivity contribution < 1.29 is 19.2 Å². The summed E-state index contributed by atoms with van der Waals surface area (Å²) in [5.41, 5.74) is 3.40. The molecule has 4 aromatic rings. The van der Waals surface area contributed by atoms with Gasteiger partial charge in [-0.25, -0.2) is 9.91 Å². The molecule has 0 saturated carbocycles. The zero-order valence-electron chi connectivity index (χ0n) is 18.8. The minimum atomic E-state index is -1.25. The number of hydrogen-bond donors (Lipinski definition) is 1. The SMILES string of the molecule is O=C(NN(C(=O)c1cccnc1)C1CC(=O)N(c2ccc(Cl)cc2)C1=O)c1cccc2ccccc12. The van der Waals surface area contributed by atoms with E-state index < -0.39 is 29.7 Å². The monoisotopic (exact) mass is 498 g/mol. The zero-order chi connectivity index (χ0) is 25.2. The van der Waals surface area contributed by atoms with Gasteiger partial charge in [0.15, 0.2) is 0 Å². The van der Waals surface area contributed by atoms with E-state index in [2.05, 4.69) is 10.4 Å². The summed E-state index contributed by atoms with van der Waals surface area (Å²) < 4.78 is 0. The van der Waals surface area contributed by atoms with Crippen LogP contribution in [0.2, 0.25) is 5.02 Å². The lowest BCUT2D eigenvalue weighted by molar-refractivity contribution is -0.122. The maximum atomic E-state index is 13.5. The average Bonchev–Trinajstić information content (AvgIpc) is 3.20. The van der Waals surface area contributed by atoms with Gasteiger partial charge in [-0.05, 0) is 53.2 Å². The third-order valence-corrected chi connectivity index (χ3v) is 6.15. The number of nitrogens with one attached hydrogen (secondary N) is 1. The second-order valence-electron chi connectivity index (χ2n) is 8.15. The van der Waals surface area contributed by atoms with Crippen LogP contribution in [0.4, 0.5) is 5.69 Å². The van der Waals surface area contributed by atoms with E-state index in [1.54, 1.807) is 54.6 Å². The highest BCUT2D eigenvalue weighted by Gasteiger charge is 2.45. The number of carbonyl (C=O) groups is 4. The van der Waals surface area contributed by atoms with Crippen LogP contribution in [0.25, 0.3) is 10.8 Å². The van der Waals surface area contributed by atoms with Gasteiger partial charge in [-0.3, -0.25) is 29.6 Å². The Morgan fingerprint density at radius 2 is 1.69 bits per heavy atom. The number of benzene rings is 3. The van der Waals surface area contributed by atoms with E-state index in [1.165, 1.54) is 18.5 Å². The number of rotatable bonds is 4. The van der Waals surface area contributed by atoms with Crippen LogP contribution in [0.1, 0.15) is 27.1 Å². The van der Waals surface area contributed by atoms with Crippen molar-refractivity contribution >= 4 is 51.7 Å². The second-order valence-corrected chi connectivity index (χ2v) is 8.58. The standard InChI is InChI=1S/C27H19ClN4O4/c28-19-10-12-20(13-11-19)31-24(33)15-23(27(31)36)32(26(35)18-7-4-14-29-16-18)30-25(34)22-9-3-6-17-5-1-2-8-21(17)22/h1-14,16,23H,15H2,(H,30,34). The van der Waals surface area contributed by atoms with Crippen molar-refractivity contribution in [3.8, 4) is 0 Å².